The van der Waals surface area contributed by atoms with Gasteiger partial charge in [0.2, 0.25) is 0 Å². The van der Waals surface area contributed by atoms with Crippen molar-refractivity contribution in [3.8, 4) is 0 Å². The number of imidazole rings is 1. The molecule has 2 aromatic heterocycles. The molecule has 1 fully saturated rings. The summed E-state index contributed by atoms with van der Waals surface area (Å²) in [6, 6.07) is 1.60. The minimum absolute atomic E-state index is 0.259. The number of alkyl halides is 3. The molecule has 1 saturated heterocycles. The molecule has 1 aliphatic rings. The number of likely N-dealkylation sites (tertiary alicyclic amines) is 1. The summed E-state index contributed by atoms with van der Waals surface area (Å²) in [5, 5.41) is 0. The van der Waals surface area contributed by atoms with Crippen molar-refractivity contribution in [1.82, 2.24) is 19.4 Å². The Balaban J connectivity index is 1.57. The van der Waals surface area contributed by atoms with E-state index < -0.39 is 18.7 Å². The van der Waals surface area contributed by atoms with E-state index in [1.165, 1.54) is 11.1 Å². The zero-order valence-corrected chi connectivity index (χ0v) is 13.1. The molecule has 1 aliphatic heterocycles. The molecular formula is C15H17F3N4O2. The first-order valence-corrected chi connectivity index (χ1v) is 7.59. The van der Waals surface area contributed by atoms with Gasteiger partial charge in [0.25, 0.3) is 0 Å². The highest BCUT2D eigenvalue weighted by atomic mass is 19.4. The second-order valence-corrected chi connectivity index (χ2v) is 5.92. The van der Waals surface area contributed by atoms with Gasteiger partial charge in [-0.15, -0.1) is 0 Å². The lowest BCUT2D eigenvalue weighted by Crippen LogP contribution is -2.42. The van der Waals surface area contributed by atoms with Crippen LogP contribution in [0.25, 0.3) is 11.2 Å². The number of piperidine rings is 1. The van der Waals surface area contributed by atoms with E-state index >= 15 is 0 Å². The molecule has 3 rings (SSSR count). The Labute approximate surface area is 136 Å². The molecule has 6 nitrogen and oxygen atoms in total. The molecule has 0 aliphatic carbocycles. The summed E-state index contributed by atoms with van der Waals surface area (Å²) in [5.41, 5.74) is 1.54. The Kier molecular flexibility index (Phi) is 4.44. The number of hydrogen-bond donors (Lipinski definition) is 0. The highest BCUT2D eigenvalue weighted by molar-refractivity contribution is 5.92. The Morgan fingerprint density at radius 3 is 2.71 bits per heavy atom. The van der Waals surface area contributed by atoms with Crippen LogP contribution >= 0.6 is 0 Å². The maximum atomic E-state index is 12.4. The van der Waals surface area contributed by atoms with Crippen molar-refractivity contribution in [2.75, 3.05) is 19.6 Å². The van der Waals surface area contributed by atoms with Crippen LogP contribution in [-0.4, -0.2) is 57.3 Å². The normalized spacial score (nSPS) is 17.3. The minimum atomic E-state index is -4.20. The van der Waals surface area contributed by atoms with Crippen LogP contribution in [0.4, 0.5) is 13.2 Å². The van der Waals surface area contributed by atoms with Crippen LogP contribution in [0.5, 0.6) is 0 Å². The summed E-state index contributed by atoms with van der Waals surface area (Å²) in [5.74, 6) is -0.524. The molecule has 0 saturated carbocycles. The first kappa shape index (κ1) is 16.7. The average Bonchev–Trinajstić information content (AvgIpc) is 2.88. The standard InChI is InChI=1S/C15H17F3N4O2/c1-21-9-20-12-6-10(7-19-13(12)21)14(23)24-11-2-4-22(5-3-11)8-15(16,17)18/h6-7,9,11H,2-5,8H2,1H3. The molecule has 0 bridgehead atoms. The number of halogens is 3. The number of ether oxygens (including phenoxy) is 1. The van der Waals surface area contributed by atoms with Gasteiger partial charge in [-0.2, -0.15) is 13.2 Å². The van der Waals surface area contributed by atoms with Crippen molar-refractivity contribution in [3.05, 3.63) is 24.2 Å². The van der Waals surface area contributed by atoms with E-state index in [2.05, 4.69) is 9.97 Å². The Hall–Kier alpha value is -2.16. The number of aromatic nitrogens is 3. The van der Waals surface area contributed by atoms with Crippen LogP contribution in [0.1, 0.15) is 23.2 Å². The Morgan fingerprint density at radius 1 is 1.33 bits per heavy atom. The van der Waals surface area contributed by atoms with Crippen molar-refractivity contribution >= 4 is 17.1 Å². The van der Waals surface area contributed by atoms with Gasteiger partial charge in [0.15, 0.2) is 5.65 Å². The van der Waals surface area contributed by atoms with Gasteiger partial charge in [-0.05, 0) is 18.9 Å². The smallest absolute Gasteiger partial charge is 0.401 e. The number of aryl methyl sites for hydroxylation is 1. The predicted molar refractivity (Wildman–Crippen MR) is 79.4 cm³/mol. The summed E-state index contributed by atoms with van der Waals surface area (Å²) < 4.78 is 44.2. The zero-order chi connectivity index (χ0) is 17.3. The first-order valence-electron chi connectivity index (χ1n) is 7.59. The number of carbonyl (C=O) groups is 1. The van der Waals surface area contributed by atoms with Crippen LogP contribution in [-0.2, 0) is 11.8 Å². The quantitative estimate of drug-likeness (QED) is 0.800. The van der Waals surface area contributed by atoms with Gasteiger partial charge in [-0.1, -0.05) is 0 Å². The van der Waals surface area contributed by atoms with E-state index in [0.717, 1.165) is 0 Å². The summed E-state index contributed by atoms with van der Waals surface area (Å²) in [7, 11) is 1.80. The number of hydrogen-bond acceptors (Lipinski definition) is 5. The fourth-order valence-corrected chi connectivity index (χ4v) is 2.79. The fraction of sp³-hybridized carbons (Fsp3) is 0.533. The predicted octanol–water partition coefficient (Wildman–Crippen LogP) is 2.15. The summed E-state index contributed by atoms with van der Waals surface area (Å²) in [6.45, 7) is -0.405. The van der Waals surface area contributed by atoms with E-state index in [4.69, 9.17) is 4.74 Å². The van der Waals surface area contributed by atoms with Crippen molar-refractivity contribution in [3.63, 3.8) is 0 Å². The Morgan fingerprint density at radius 2 is 2.04 bits per heavy atom. The molecule has 0 N–H and O–H groups in total. The largest absolute Gasteiger partial charge is 0.459 e. The molecule has 0 amide bonds. The molecule has 130 valence electrons. The second-order valence-electron chi connectivity index (χ2n) is 5.92. The van der Waals surface area contributed by atoms with Crippen molar-refractivity contribution in [2.24, 2.45) is 7.05 Å². The third kappa shape index (κ3) is 3.84. The molecule has 2 aromatic rings. The summed E-state index contributed by atoms with van der Waals surface area (Å²) in [6.07, 6.45) is -0.773. The number of carbonyl (C=O) groups excluding carboxylic acids is 1. The summed E-state index contributed by atoms with van der Waals surface area (Å²) in [4.78, 5) is 21.8. The number of rotatable bonds is 3. The third-order valence-corrected chi connectivity index (χ3v) is 4.00. The van der Waals surface area contributed by atoms with Gasteiger partial charge in [0.05, 0.1) is 18.4 Å². The van der Waals surface area contributed by atoms with Gasteiger partial charge in [-0.25, -0.2) is 14.8 Å². The maximum Gasteiger partial charge on any atom is 0.401 e. The van der Waals surface area contributed by atoms with Crippen LogP contribution in [0.2, 0.25) is 0 Å². The fourth-order valence-electron chi connectivity index (χ4n) is 2.79. The number of pyridine rings is 1. The van der Waals surface area contributed by atoms with Gasteiger partial charge < -0.3 is 9.30 Å². The molecule has 0 unspecified atom stereocenters. The van der Waals surface area contributed by atoms with Crippen LogP contribution in [0.3, 0.4) is 0 Å². The topological polar surface area (TPSA) is 60.3 Å². The minimum Gasteiger partial charge on any atom is -0.459 e. The first-order chi connectivity index (χ1) is 11.3. The van der Waals surface area contributed by atoms with Gasteiger partial charge in [0, 0.05) is 26.3 Å². The van der Waals surface area contributed by atoms with Crippen molar-refractivity contribution in [2.45, 2.75) is 25.1 Å². The molecule has 0 aromatic carbocycles. The lowest BCUT2D eigenvalue weighted by atomic mass is 10.1. The van der Waals surface area contributed by atoms with E-state index in [-0.39, 0.29) is 19.2 Å². The monoisotopic (exact) mass is 342 g/mol. The zero-order valence-electron chi connectivity index (χ0n) is 13.1. The van der Waals surface area contributed by atoms with E-state index in [1.807, 2.05) is 0 Å². The summed E-state index contributed by atoms with van der Waals surface area (Å²) >= 11 is 0. The van der Waals surface area contributed by atoms with Crippen molar-refractivity contribution < 1.29 is 22.7 Å². The molecule has 3 heterocycles. The van der Waals surface area contributed by atoms with Crippen LogP contribution < -0.4 is 0 Å². The SMILES string of the molecule is Cn1cnc2cc(C(=O)OC3CCN(CC(F)(F)F)CC3)cnc21. The molecule has 9 heteroatoms. The maximum absolute atomic E-state index is 12.4. The van der Waals surface area contributed by atoms with Crippen molar-refractivity contribution in [1.29, 1.82) is 0 Å². The third-order valence-electron chi connectivity index (χ3n) is 4.00. The molecule has 0 radical (unpaired) electrons. The lowest BCUT2D eigenvalue weighted by Gasteiger charge is -2.31. The lowest BCUT2D eigenvalue weighted by molar-refractivity contribution is -0.150. The van der Waals surface area contributed by atoms with E-state index in [9.17, 15) is 18.0 Å². The Bertz CT molecular complexity index is 736. The van der Waals surface area contributed by atoms with Gasteiger partial charge in [-0.3, -0.25) is 4.90 Å². The van der Waals surface area contributed by atoms with Crippen LogP contribution in [0.15, 0.2) is 18.6 Å². The van der Waals surface area contributed by atoms with Gasteiger partial charge in [0.1, 0.15) is 11.6 Å². The molecule has 0 spiro atoms. The number of fused-ring (bicyclic) bond motifs is 1. The molecule has 0 atom stereocenters. The highest BCUT2D eigenvalue weighted by Gasteiger charge is 2.33. The van der Waals surface area contributed by atoms with Gasteiger partial charge >= 0.3 is 12.1 Å². The second kappa shape index (κ2) is 6.39. The van der Waals surface area contributed by atoms with Crippen LogP contribution in [0, 0.1) is 0 Å². The number of esters is 1. The molecular weight excluding hydrogens is 325 g/mol. The number of nitrogens with zero attached hydrogens (tertiary/aromatic N) is 4. The van der Waals surface area contributed by atoms with E-state index in [1.54, 1.807) is 24.0 Å². The molecule has 24 heavy (non-hydrogen) atoms. The average molecular weight is 342 g/mol. The van der Waals surface area contributed by atoms with E-state index in [0.29, 0.717) is 29.6 Å². The highest BCUT2D eigenvalue weighted by Crippen LogP contribution is 2.21.